The average molecular weight is 274 g/mol. The van der Waals surface area contributed by atoms with E-state index in [1.807, 2.05) is 13.2 Å². The number of rotatable bonds is 3. The summed E-state index contributed by atoms with van der Waals surface area (Å²) in [6.07, 6.45) is 1.90. The number of H-pyrrole nitrogens is 1. The molecule has 2 aromatic rings. The van der Waals surface area contributed by atoms with Gasteiger partial charge in [-0.2, -0.15) is 0 Å². The number of thioether (sulfide) groups is 1. The fraction of sp³-hybridized carbons (Fsp3) is 0.250. The minimum absolute atomic E-state index is 0.425. The highest BCUT2D eigenvalue weighted by Gasteiger charge is 2.07. The first-order valence-electron chi connectivity index (χ1n) is 4.33. The number of nitrogens with one attached hydrogen (secondary N) is 1. The summed E-state index contributed by atoms with van der Waals surface area (Å²) in [5.74, 6) is 0.771. The highest BCUT2D eigenvalue weighted by atomic mass is 35.5. The van der Waals surface area contributed by atoms with Gasteiger partial charge in [-0.3, -0.25) is 5.10 Å². The second-order valence-corrected chi connectivity index (χ2v) is 4.97. The van der Waals surface area contributed by atoms with Crippen LogP contribution in [-0.2, 0) is 0 Å². The van der Waals surface area contributed by atoms with Crippen LogP contribution in [-0.4, -0.2) is 31.4 Å². The second-order valence-electron chi connectivity index (χ2n) is 2.82. The van der Waals surface area contributed by atoms with Gasteiger partial charge in [0.25, 0.3) is 0 Å². The molecule has 0 bridgehead atoms. The number of aromatic amines is 1. The first-order valence-corrected chi connectivity index (χ1v) is 6.75. The van der Waals surface area contributed by atoms with Crippen LogP contribution in [0.3, 0.4) is 0 Å². The third-order valence-electron chi connectivity index (χ3n) is 1.61. The predicted molar refractivity (Wildman–Crippen MR) is 64.1 cm³/mol. The molecule has 0 amide bonds. The quantitative estimate of drug-likeness (QED) is 0.526. The zero-order valence-corrected chi connectivity index (χ0v) is 10.9. The molecule has 5 nitrogen and oxygen atoms in total. The maximum absolute atomic E-state index is 5.87. The minimum atomic E-state index is 0.425. The zero-order chi connectivity index (χ0) is 11.5. The molecular formula is C8H8ClN5S2. The fourth-order valence-corrected chi connectivity index (χ4v) is 2.48. The van der Waals surface area contributed by atoms with Gasteiger partial charge in [-0.25, -0.2) is 15.0 Å². The first kappa shape index (κ1) is 11.7. The summed E-state index contributed by atoms with van der Waals surface area (Å²) in [6.45, 7) is 1.84. The van der Waals surface area contributed by atoms with Gasteiger partial charge in [-0.15, -0.1) is 5.10 Å². The van der Waals surface area contributed by atoms with Crippen molar-refractivity contribution in [2.75, 3.05) is 6.26 Å². The molecule has 1 N–H and O–H groups in total. The maximum atomic E-state index is 5.87. The van der Waals surface area contributed by atoms with Crippen molar-refractivity contribution >= 4 is 35.1 Å². The third-order valence-corrected chi connectivity index (χ3v) is 3.13. The van der Waals surface area contributed by atoms with Crippen molar-refractivity contribution in [1.82, 2.24) is 25.1 Å². The SMILES string of the molecule is CSc1nc(Cl)cc(Sc2n[nH]c(C)n2)n1. The van der Waals surface area contributed by atoms with Crippen molar-refractivity contribution in [2.45, 2.75) is 22.3 Å². The van der Waals surface area contributed by atoms with Crippen molar-refractivity contribution < 1.29 is 0 Å². The van der Waals surface area contributed by atoms with Crippen molar-refractivity contribution in [3.63, 3.8) is 0 Å². The van der Waals surface area contributed by atoms with Gasteiger partial charge in [0.15, 0.2) is 5.16 Å². The van der Waals surface area contributed by atoms with E-state index in [1.165, 1.54) is 23.5 Å². The van der Waals surface area contributed by atoms with Gasteiger partial charge >= 0.3 is 0 Å². The number of hydrogen-bond acceptors (Lipinski definition) is 6. The van der Waals surface area contributed by atoms with Crippen molar-refractivity contribution in [3.8, 4) is 0 Å². The van der Waals surface area contributed by atoms with E-state index in [9.17, 15) is 0 Å². The van der Waals surface area contributed by atoms with Gasteiger partial charge in [0.1, 0.15) is 16.0 Å². The topological polar surface area (TPSA) is 67.3 Å². The number of aromatic nitrogens is 5. The number of halogens is 1. The third kappa shape index (κ3) is 2.87. The molecule has 16 heavy (non-hydrogen) atoms. The zero-order valence-electron chi connectivity index (χ0n) is 8.56. The van der Waals surface area contributed by atoms with E-state index in [2.05, 4.69) is 25.1 Å². The molecule has 84 valence electrons. The van der Waals surface area contributed by atoms with E-state index in [4.69, 9.17) is 11.6 Å². The summed E-state index contributed by atoms with van der Waals surface area (Å²) >= 11 is 8.67. The van der Waals surface area contributed by atoms with Crippen molar-refractivity contribution in [2.24, 2.45) is 0 Å². The van der Waals surface area contributed by atoms with E-state index >= 15 is 0 Å². The summed E-state index contributed by atoms with van der Waals surface area (Å²) < 4.78 is 0. The van der Waals surface area contributed by atoms with E-state index < -0.39 is 0 Å². The number of nitrogens with zero attached hydrogens (tertiary/aromatic N) is 4. The van der Waals surface area contributed by atoms with Crippen LogP contribution in [0.2, 0.25) is 5.15 Å². The molecule has 0 aliphatic carbocycles. The molecule has 0 aliphatic heterocycles. The molecule has 0 aliphatic rings. The standard InChI is InChI=1S/C8H8ClN5S2/c1-4-10-8(14-13-4)16-6-3-5(9)11-7(12-6)15-2/h3H,1-2H3,(H,10,13,14). The lowest BCUT2D eigenvalue weighted by molar-refractivity contribution is 0.887. The molecule has 8 heteroatoms. The second kappa shape index (κ2) is 5.03. The lowest BCUT2D eigenvalue weighted by Gasteiger charge is -1.99. The molecule has 2 rings (SSSR count). The Labute approximate surface area is 106 Å². The molecule has 0 aromatic carbocycles. The van der Waals surface area contributed by atoms with Crippen LogP contribution in [0.25, 0.3) is 0 Å². The van der Waals surface area contributed by atoms with E-state index in [1.54, 1.807) is 6.07 Å². The highest BCUT2D eigenvalue weighted by molar-refractivity contribution is 7.99. The molecule has 0 spiro atoms. The van der Waals surface area contributed by atoms with Gasteiger partial charge in [-0.1, -0.05) is 23.4 Å². The van der Waals surface area contributed by atoms with Gasteiger partial charge in [0, 0.05) is 6.07 Å². The van der Waals surface area contributed by atoms with Crippen molar-refractivity contribution in [3.05, 3.63) is 17.0 Å². The Morgan fingerprint density at radius 3 is 2.69 bits per heavy atom. The Morgan fingerprint density at radius 2 is 2.06 bits per heavy atom. The molecule has 0 fully saturated rings. The van der Waals surface area contributed by atoms with Crippen LogP contribution in [0.15, 0.2) is 21.4 Å². The Balaban J connectivity index is 2.24. The van der Waals surface area contributed by atoms with Crippen LogP contribution in [0.5, 0.6) is 0 Å². The highest BCUT2D eigenvalue weighted by Crippen LogP contribution is 2.26. The molecule has 0 saturated heterocycles. The maximum Gasteiger partial charge on any atom is 0.214 e. The summed E-state index contributed by atoms with van der Waals surface area (Å²) in [7, 11) is 0. The van der Waals surface area contributed by atoms with Crippen LogP contribution in [0.1, 0.15) is 5.82 Å². The predicted octanol–water partition coefficient (Wildman–Crippen LogP) is 2.43. The van der Waals surface area contributed by atoms with E-state index in [0.29, 0.717) is 15.5 Å². The molecule has 0 radical (unpaired) electrons. The van der Waals surface area contributed by atoms with Gasteiger partial charge in [0.05, 0.1) is 0 Å². The Hall–Kier alpha value is -0.790. The largest absolute Gasteiger partial charge is 0.262 e. The summed E-state index contributed by atoms with van der Waals surface area (Å²) in [6, 6.07) is 1.69. The fourth-order valence-electron chi connectivity index (χ4n) is 0.982. The number of aryl methyl sites for hydroxylation is 1. The average Bonchev–Trinajstić information content (AvgIpc) is 2.63. The Morgan fingerprint density at radius 1 is 1.25 bits per heavy atom. The lowest BCUT2D eigenvalue weighted by Crippen LogP contribution is -1.89. The molecule has 0 saturated carbocycles. The molecule has 2 aromatic heterocycles. The minimum Gasteiger partial charge on any atom is -0.262 e. The van der Waals surface area contributed by atoms with Crippen LogP contribution >= 0.6 is 35.1 Å². The molecule has 2 heterocycles. The van der Waals surface area contributed by atoms with E-state index in [-0.39, 0.29) is 0 Å². The number of hydrogen-bond donors (Lipinski definition) is 1. The van der Waals surface area contributed by atoms with E-state index in [0.717, 1.165) is 10.9 Å². The summed E-state index contributed by atoms with van der Waals surface area (Å²) in [5, 5.41) is 9.21. The summed E-state index contributed by atoms with van der Waals surface area (Å²) in [4.78, 5) is 12.5. The monoisotopic (exact) mass is 273 g/mol. The summed E-state index contributed by atoms with van der Waals surface area (Å²) in [5.41, 5.74) is 0. The molecular weight excluding hydrogens is 266 g/mol. The van der Waals surface area contributed by atoms with Crippen LogP contribution < -0.4 is 0 Å². The van der Waals surface area contributed by atoms with Crippen molar-refractivity contribution in [1.29, 1.82) is 0 Å². The van der Waals surface area contributed by atoms with Crippen LogP contribution in [0.4, 0.5) is 0 Å². The molecule has 0 atom stereocenters. The van der Waals surface area contributed by atoms with Gasteiger partial charge < -0.3 is 0 Å². The smallest absolute Gasteiger partial charge is 0.214 e. The van der Waals surface area contributed by atoms with Crippen LogP contribution in [0, 0.1) is 6.92 Å². The Bertz CT molecular complexity index is 501. The lowest BCUT2D eigenvalue weighted by atomic mass is 10.7. The van der Waals surface area contributed by atoms with Gasteiger partial charge in [-0.05, 0) is 24.9 Å². The first-order chi connectivity index (χ1) is 7.67. The Kier molecular flexibility index (Phi) is 3.67. The van der Waals surface area contributed by atoms with Gasteiger partial charge in [0.2, 0.25) is 5.16 Å². The normalized spacial score (nSPS) is 10.7. The molecule has 0 unspecified atom stereocenters.